The molecule has 0 unspecified atom stereocenters. The summed E-state index contributed by atoms with van der Waals surface area (Å²) in [4.78, 5) is 4.50. The van der Waals surface area contributed by atoms with Crippen LogP contribution < -0.4 is 0 Å². The zero-order valence-corrected chi connectivity index (χ0v) is 12.9. The first kappa shape index (κ1) is 13.6. The molecule has 2 heterocycles. The monoisotopic (exact) mass is 305 g/mol. The van der Waals surface area contributed by atoms with E-state index in [0.29, 0.717) is 11.7 Å². The van der Waals surface area contributed by atoms with Gasteiger partial charge in [-0.15, -0.1) is 5.10 Å². The molecule has 0 N–H and O–H groups in total. The molecule has 0 bridgehead atoms. The molecule has 0 saturated heterocycles. The molecule has 0 saturated carbocycles. The second-order valence-corrected chi connectivity index (χ2v) is 5.40. The summed E-state index contributed by atoms with van der Waals surface area (Å²) in [7, 11) is 0. The van der Waals surface area contributed by atoms with Gasteiger partial charge < -0.3 is 4.52 Å². The van der Waals surface area contributed by atoms with Crippen molar-refractivity contribution in [2.24, 2.45) is 0 Å². The van der Waals surface area contributed by atoms with E-state index in [1.165, 1.54) is 5.56 Å². The SMILES string of the molecule is CCn1nnc2ccc(-c3noc(-c4ccc(C)cc4)n3)cc21. The van der Waals surface area contributed by atoms with Crippen molar-refractivity contribution in [2.75, 3.05) is 0 Å². The summed E-state index contributed by atoms with van der Waals surface area (Å²) >= 11 is 0. The zero-order chi connectivity index (χ0) is 15.8. The lowest BCUT2D eigenvalue weighted by atomic mass is 10.1. The van der Waals surface area contributed by atoms with Crippen LogP contribution in [0.15, 0.2) is 47.0 Å². The Bertz CT molecular complexity index is 968. The molecule has 0 atom stereocenters. The maximum Gasteiger partial charge on any atom is 0.258 e. The van der Waals surface area contributed by atoms with Crippen molar-refractivity contribution in [1.29, 1.82) is 0 Å². The van der Waals surface area contributed by atoms with E-state index in [2.05, 4.69) is 20.5 Å². The lowest BCUT2D eigenvalue weighted by molar-refractivity contribution is 0.432. The third-order valence-electron chi connectivity index (χ3n) is 3.80. The minimum atomic E-state index is 0.516. The fourth-order valence-corrected chi connectivity index (χ4v) is 2.49. The molecular weight excluding hydrogens is 290 g/mol. The second-order valence-electron chi connectivity index (χ2n) is 5.40. The van der Waals surface area contributed by atoms with E-state index < -0.39 is 0 Å². The Morgan fingerprint density at radius 2 is 1.83 bits per heavy atom. The van der Waals surface area contributed by atoms with Crippen LogP contribution in [0.3, 0.4) is 0 Å². The fraction of sp³-hybridized carbons (Fsp3) is 0.176. The van der Waals surface area contributed by atoms with Gasteiger partial charge in [-0.25, -0.2) is 4.68 Å². The molecule has 114 valence electrons. The van der Waals surface area contributed by atoms with E-state index in [4.69, 9.17) is 4.52 Å². The highest BCUT2D eigenvalue weighted by Gasteiger charge is 2.12. The largest absolute Gasteiger partial charge is 0.334 e. The first-order chi connectivity index (χ1) is 11.2. The normalized spacial score (nSPS) is 11.2. The molecule has 2 aromatic heterocycles. The standard InChI is InChI=1S/C17H15N5O/c1-3-22-15-10-13(8-9-14(15)19-21-22)16-18-17(23-20-16)12-6-4-11(2)5-7-12/h4-10H,3H2,1-2H3. The summed E-state index contributed by atoms with van der Waals surface area (Å²) in [5.74, 6) is 1.08. The molecule has 6 nitrogen and oxygen atoms in total. The highest BCUT2D eigenvalue weighted by molar-refractivity contribution is 5.80. The van der Waals surface area contributed by atoms with Gasteiger partial charge in [-0.1, -0.05) is 28.1 Å². The molecule has 0 aliphatic carbocycles. The van der Waals surface area contributed by atoms with Crippen molar-refractivity contribution in [3.8, 4) is 22.8 Å². The molecule has 0 aliphatic heterocycles. The van der Waals surface area contributed by atoms with Crippen molar-refractivity contribution < 1.29 is 4.52 Å². The number of fused-ring (bicyclic) bond motifs is 1. The van der Waals surface area contributed by atoms with Crippen LogP contribution in [0.4, 0.5) is 0 Å². The summed E-state index contributed by atoms with van der Waals surface area (Å²) in [6.45, 7) is 4.84. The molecule has 0 amide bonds. The number of aromatic nitrogens is 5. The van der Waals surface area contributed by atoms with Gasteiger partial charge in [-0.05, 0) is 44.2 Å². The molecule has 0 fully saturated rings. The van der Waals surface area contributed by atoms with Crippen molar-refractivity contribution in [3.63, 3.8) is 0 Å². The molecular formula is C17H15N5O. The Morgan fingerprint density at radius 3 is 2.61 bits per heavy atom. The Morgan fingerprint density at radius 1 is 1.04 bits per heavy atom. The number of hydrogen-bond acceptors (Lipinski definition) is 5. The van der Waals surface area contributed by atoms with Crippen LogP contribution in [-0.2, 0) is 6.54 Å². The smallest absolute Gasteiger partial charge is 0.258 e. The zero-order valence-electron chi connectivity index (χ0n) is 12.9. The van der Waals surface area contributed by atoms with Gasteiger partial charge in [-0.3, -0.25) is 0 Å². The molecule has 0 radical (unpaired) electrons. The van der Waals surface area contributed by atoms with Gasteiger partial charge in [0.15, 0.2) is 0 Å². The van der Waals surface area contributed by atoms with Crippen molar-refractivity contribution >= 4 is 11.0 Å². The van der Waals surface area contributed by atoms with E-state index in [1.54, 1.807) is 0 Å². The van der Waals surface area contributed by atoms with E-state index >= 15 is 0 Å². The number of benzene rings is 2. The van der Waals surface area contributed by atoms with Crippen molar-refractivity contribution in [3.05, 3.63) is 48.0 Å². The van der Waals surface area contributed by atoms with Crippen LogP contribution in [0.1, 0.15) is 12.5 Å². The average Bonchev–Trinajstić information content (AvgIpc) is 3.21. The first-order valence-corrected chi connectivity index (χ1v) is 7.49. The molecule has 2 aromatic carbocycles. The fourth-order valence-electron chi connectivity index (χ4n) is 2.49. The third-order valence-corrected chi connectivity index (χ3v) is 3.80. The molecule has 6 heteroatoms. The predicted octanol–water partition coefficient (Wildman–Crippen LogP) is 3.48. The minimum Gasteiger partial charge on any atom is -0.334 e. The summed E-state index contributed by atoms with van der Waals surface area (Å²) in [6, 6.07) is 13.8. The van der Waals surface area contributed by atoms with Crippen LogP contribution in [0.5, 0.6) is 0 Å². The molecule has 0 spiro atoms. The lowest BCUT2D eigenvalue weighted by Crippen LogP contribution is -1.96. The summed E-state index contributed by atoms with van der Waals surface area (Å²) in [6.07, 6.45) is 0. The quantitative estimate of drug-likeness (QED) is 0.579. The maximum absolute atomic E-state index is 5.40. The summed E-state index contributed by atoms with van der Waals surface area (Å²) < 4.78 is 7.24. The van der Waals surface area contributed by atoms with Crippen molar-refractivity contribution in [2.45, 2.75) is 20.4 Å². The van der Waals surface area contributed by atoms with E-state index in [9.17, 15) is 0 Å². The lowest BCUT2D eigenvalue weighted by Gasteiger charge is -1.98. The Balaban J connectivity index is 1.75. The topological polar surface area (TPSA) is 69.6 Å². The average molecular weight is 305 g/mol. The maximum atomic E-state index is 5.40. The number of nitrogens with zero attached hydrogens (tertiary/aromatic N) is 5. The predicted molar refractivity (Wildman–Crippen MR) is 86.7 cm³/mol. The van der Waals surface area contributed by atoms with E-state index in [-0.39, 0.29) is 0 Å². The molecule has 4 rings (SSSR count). The highest BCUT2D eigenvalue weighted by Crippen LogP contribution is 2.24. The van der Waals surface area contributed by atoms with Crippen molar-refractivity contribution in [1.82, 2.24) is 25.1 Å². The van der Waals surface area contributed by atoms with Crippen LogP contribution in [0.2, 0.25) is 0 Å². The number of rotatable bonds is 3. The van der Waals surface area contributed by atoms with Crippen LogP contribution in [0.25, 0.3) is 33.9 Å². The van der Waals surface area contributed by atoms with Gasteiger partial charge in [0.05, 0.1) is 5.52 Å². The Labute approximate surface area is 132 Å². The van der Waals surface area contributed by atoms with E-state index in [1.807, 2.05) is 61.0 Å². The minimum absolute atomic E-state index is 0.516. The van der Waals surface area contributed by atoms with E-state index in [0.717, 1.165) is 28.7 Å². The van der Waals surface area contributed by atoms with Gasteiger partial charge in [0.2, 0.25) is 5.82 Å². The second kappa shape index (κ2) is 5.31. The number of aryl methyl sites for hydroxylation is 2. The summed E-state index contributed by atoms with van der Waals surface area (Å²) in [5.41, 5.74) is 4.82. The molecule has 4 aromatic rings. The highest BCUT2D eigenvalue weighted by atomic mass is 16.5. The third kappa shape index (κ3) is 2.38. The van der Waals surface area contributed by atoms with Gasteiger partial charge >= 0.3 is 0 Å². The Kier molecular flexibility index (Phi) is 3.15. The van der Waals surface area contributed by atoms with Crippen LogP contribution in [-0.4, -0.2) is 25.1 Å². The van der Waals surface area contributed by atoms with Crippen LogP contribution >= 0.6 is 0 Å². The van der Waals surface area contributed by atoms with Gasteiger partial charge in [0, 0.05) is 17.7 Å². The van der Waals surface area contributed by atoms with Gasteiger partial charge in [0.1, 0.15) is 5.52 Å². The van der Waals surface area contributed by atoms with Gasteiger partial charge in [-0.2, -0.15) is 4.98 Å². The molecule has 0 aliphatic rings. The van der Waals surface area contributed by atoms with Crippen LogP contribution in [0, 0.1) is 6.92 Å². The molecule has 23 heavy (non-hydrogen) atoms. The summed E-state index contributed by atoms with van der Waals surface area (Å²) in [5, 5.41) is 12.3. The first-order valence-electron chi connectivity index (χ1n) is 7.49. The number of hydrogen-bond donors (Lipinski definition) is 0. The Hall–Kier alpha value is -3.02. The van der Waals surface area contributed by atoms with Gasteiger partial charge in [0.25, 0.3) is 5.89 Å².